The van der Waals surface area contributed by atoms with Crippen LogP contribution in [-0.2, 0) is 17.6 Å². The van der Waals surface area contributed by atoms with Crippen LogP contribution < -0.4 is 15.4 Å². The largest absolute Gasteiger partial charge is 0.479 e. The van der Waals surface area contributed by atoms with Crippen LogP contribution in [0.2, 0.25) is 0 Å². The van der Waals surface area contributed by atoms with Crippen LogP contribution in [-0.4, -0.2) is 17.9 Å². The number of fused-ring (bicyclic) bond motifs is 2. The first-order valence-electron chi connectivity index (χ1n) is 8.15. The molecule has 2 aromatic rings. The van der Waals surface area contributed by atoms with Gasteiger partial charge >= 0.3 is 0 Å². The molecule has 24 heavy (non-hydrogen) atoms. The molecular weight excluding hydrogens is 304 g/mol. The van der Waals surface area contributed by atoms with Gasteiger partial charge in [0.05, 0.1) is 5.69 Å². The second-order valence-electron chi connectivity index (χ2n) is 6.25. The van der Waals surface area contributed by atoms with Gasteiger partial charge in [0.2, 0.25) is 0 Å². The number of aryl methyl sites for hydroxylation is 2. The van der Waals surface area contributed by atoms with Crippen molar-refractivity contribution in [2.75, 3.05) is 10.6 Å². The van der Waals surface area contributed by atoms with Crippen molar-refractivity contribution in [3.05, 3.63) is 53.1 Å². The molecule has 0 spiro atoms. The highest BCUT2D eigenvalue weighted by Gasteiger charge is 2.23. The Morgan fingerprint density at radius 1 is 1.17 bits per heavy atom. The molecule has 0 saturated carbocycles. The number of hydrogen-bond acceptors (Lipinski definition) is 3. The van der Waals surface area contributed by atoms with E-state index in [0.29, 0.717) is 22.7 Å². The van der Waals surface area contributed by atoms with Crippen molar-refractivity contribution in [3.63, 3.8) is 0 Å². The van der Waals surface area contributed by atoms with Crippen LogP contribution in [0.1, 0.15) is 34.8 Å². The van der Waals surface area contributed by atoms with Crippen molar-refractivity contribution in [2.45, 2.75) is 32.3 Å². The van der Waals surface area contributed by atoms with E-state index in [9.17, 15) is 9.59 Å². The molecule has 2 N–H and O–H groups in total. The number of ether oxygens (including phenoxy) is 1. The van der Waals surface area contributed by atoms with E-state index < -0.39 is 6.10 Å². The smallest absolute Gasteiger partial charge is 0.265 e. The normalized spacial score (nSPS) is 18.2. The summed E-state index contributed by atoms with van der Waals surface area (Å²) in [5.41, 5.74) is 4.46. The molecule has 122 valence electrons. The van der Waals surface area contributed by atoms with Gasteiger partial charge < -0.3 is 15.4 Å². The third-order valence-electron chi connectivity index (χ3n) is 4.53. The molecule has 0 aromatic heterocycles. The second-order valence-corrected chi connectivity index (χ2v) is 6.25. The fraction of sp³-hybridized carbons (Fsp3) is 0.263. The summed E-state index contributed by atoms with van der Waals surface area (Å²) in [6, 6.07) is 11.1. The number of carbonyl (C=O) groups is 2. The Bertz CT molecular complexity index is 845. The number of benzene rings is 2. The molecule has 1 heterocycles. The number of amides is 2. The molecule has 0 saturated heterocycles. The van der Waals surface area contributed by atoms with Crippen LogP contribution in [0.25, 0.3) is 0 Å². The lowest BCUT2D eigenvalue weighted by atomic mass is 10.1. The number of rotatable bonds is 2. The number of anilines is 2. The van der Waals surface area contributed by atoms with Gasteiger partial charge in [0.25, 0.3) is 11.8 Å². The molecule has 4 rings (SSSR count). The Labute approximate surface area is 140 Å². The Hall–Kier alpha value is -2.82. The highest BCUT2D eigenvalue weighted by atomic mass is 16.5. The minimum absolute atomic E-state index is 0.152. The first-order valence-corrected chi connectivity index (χ1v) is 8.15. The minimum atomic E-state index is -0.510. The SMILES string of the molecule is C[C@H]1Oc2ccc(NC(=O)c3ccc4c(c3)CCC4)cc2NC1=O. The van der Waals surface area contributed by atoms with E-state index in [1.807, 2.05) is 18.2 Å². The van der Waals surface area contributed by atoms with E-state index in [-0.39, 0.29) is 11.8 Å². The Morgan fingerprint density at radius 2 is 2.00 bits per heavy atom. The molecule has 1 aliphatic heterocycles. The Kier molecular flexibility index (Phi) is 3.49. The zero-order chi connectivity index (χ0) is 16.7. The zero-order valence-corrected chi connectivity index (χ0v) is 13.4. The van der Waals surface area contributed by atoms with E-state index in [0.717, 1.165) is 19.3 Å². The molecular formula is C19H18N2O3. The molecule has 0 unspecified atom stereocenters. The Morgan fingerprint density at radius 3 is 2.88 bits per heavy atom. The predicted molar refractivity (Wildman–Crippen MR) is 91.6 cm³/mol. The molecule has 0 radical (unpaired) electrons. The van der Waals surface area contributed by atoms with Gasteiger partial charge in [-0.25, -0.2) is 0 Å². The molecule has 0 bridgehead atoms. The number of hydrogen-bond donors (Lipinski definition) is 2. The third-order valence-corrected chi connectivity index (χ3v) is 4.53. The van der Waals surface area contributed by atoms with Crippen LogP contribution in [0, 0.1) is 0 Å². The molecule has 1 aliphatic carbocycles. The average Bonchev–Trinajstić information content (AvgIpc) is 3.03. The van der Waals surface area contributed by atoms with Crippen LogP contribution in [0.4, 0.5) is 11.4 Å². The van der Waals surface area contributed by atoms with E-state index >= 15 is 0 Å². The average molecular weight is 322 g/mol. The topological polar surface area (TPSA) is 67.4 Å². The van der Waals surface area contributed by atoms with Gasteiger partial charge in [-0.2, -0.15) is 0 Å². The van der Waals surface area contributed by atoms with Crippen LogP contribution >= 0.6 is 0 Å². The summed E-state index contributed by atoms with van der Waals surface area (Å²) in [6.07, 6.45) is 2.78. The van der Waals surface area contributed by atoms with E-state index in [2.05, 4.69) is 10.6 Å². The van der Waals surface area contributed by atoms with Gasteiger partial charge in [-0.1, -0.05) is 6.07 Å². The highest BCUT2D eigenvalue weighted by Crippen LogP contribution is 2.32. The first kappa shape index (κ1) is 14.8. The molecule has 5 nitrogen and oxygen atoms in total. The molecule has 1 atom stereocenters. The summed E-state index contributed by atoms with van der Waals surface area (Å²) in [5, 5.41) is 5.66. The van der Waals surface area contributed by atoms with Crippen molar-refractivity contribution < 1.29 is 14.3 Å². The van der Waals surface area contributed by atoms with Crippen molar-refractivity contribution in [3.8, 4) is 5.75 Å². The minimum Gasteiger partial charge on any atom is -0.479 e. The Balaban J connectivity index is 1.54. The van der Waals surface area contributed by atoms with Gasteiger partial charge in [0.15, 0.2) is 6.10 Å². The highest BCUT2D eigenvalue weighted by molar-refractivity contribution is 6.05. The van der Waals surface area contributed by atoms with Crippen molar-refractivity contribution >= 4 is 23.2 Å². The summed E-state index contributed by atoms with van der Waals surface area (Å²) in [7, 11) is 0. The maximum Gasteiger partial charge on any atom is 0.265 e. The number of carbonyl (C=O) groups excluding carboxylic acids is 2. The lowest BCUT2D eigenvalue weighted by Crippen LogP contribution is -2.34. The van der Waals surface area contributed by atoms with E-state index in [1.165, 1.54) is 11.1 Å². The van der Waals surface area contributed by atoms with Gasteiger partial charge in [0.1, 0.15) is 5.75 Å². The zero-order valence-electron chi connectivity index (χ0n) is 13.4. The predicted octanol–water partition coefficient (Wildman–Crippen LogP) is 3.15. The number of nitrogens with one attached hydrogen (secondary N) is 2. The summed E-state index contributed by atoms with van der Waals surface area (Å²) >= 11 is 0. The second kappa shape index (κ2) is 5.67. The standard InChI is InChI=1S/C19H18N2O3/c1-11-18(22)21-16-10-15(7-8-17(16)24-11)20-19(23)14-6-5-12-3-2-4-13(12)9-14/h5-11H,2-4H2,1H3,(H,20,23)(H,21,22)/t11-/m1/s1. The lowest BCUT2D eigenvalue weighted by Gasteiger charge is -2.23. The fourth-order valence-electron chi connectivity index (χ4n) is 3.20. The van der Waals surface area contributed by atoms with Crippen molar-refractivity contribution in [1.82, 2.24) is 0 Å². The summed E-state index contributed by atoms with van der Waals surface area (Å²) in [4.78, 5) is 24.2. The van der Waals surface area contributed by atoms with E-state index in [1.54, 1.807) is 25.1 Å². The monoisotopic (exact) mass is 322 g/mol. The maximum absolute atomic E-state index is 12.5. The van der Waals surface area contributed by atoms with Gasteiger partial charge in [0, 0.05) is 11.3 Å². The quantitative estimate of drug-likeness (QED) is 0.892. The van der Waals surface area contributed by atoms with Crippen molar-refractivity contribution in [1.29, 1.82) is 0 Å². The molecule has 0 fully saturated rings. The summed E-state index contributed by atoms with van der Waals surface area (Å²) < 4.78 is 5.51. The molecule has 5 heteroatoms. The fourth-order valence-corrected chi connectivity index (χ4v) is 3.20. The van der Waals surface area contributed by atoms with Crippen LogP contribution in [0.15, 0.2) is 36.4 Å². The maximum atomic E-state index is 12.5. The molecule has 2 aromatic carbocycles. The molecule has 2 aliphatic rings. The van der Waals surface area contributed by atoms with Crippen molar-refractivity contribution in [2.24, 2.45) is 0 Å². The van der Waals surface area contributed by atoms with E-state index in [4.69, 9.17) is 4.74 Å². The molecule has 2 amide bonds. The first-order chi connectivity index (χ1) is 11.6. The van der Waals surface area contributed by atoms with Gasteiger partial charge in [-0.3, -0.25) is 9.59 Å². The van der Waals surface area contributed by atoms with Gasteiger partial charge in [-0.05, 0) is 67.6 Å². The van der Waals surface area contributed by atoms with Gasteiger partial charge in [-0.15, -0.1) is 0 Å². The summed E-state index contributed by atoms with van der Waals surface area (Å²) in [6.45, 7) is 1.70. The summed E-state index contributed by atoms with van der Waals surface area (Å²) in [5.74, 6) is 0.267. The van der Waals surface area contributed by atoms with Crippen LogP contribution in [0.5, 0.6) is 5.75 Å². The third kappa shape index (κ3) is 2.62. The van der Waals surface area contributed by atoms with Crippen LogP contribution in [0.3, 0.4) is 0 Å². The lowest BCUT2D eigenvalue weighted by molar-refractivity contribution is -0.122.